The predicted octanol–water partition coefficient (Wildman–Crippen LogP) is 6.47. The topological polar surface area (TPSA) is 58.0 Å². The van der Waals surface area contributed by atoms with E-state index in [0.717, 1.165) is 16.8 Å². The summed E-state index contributed by atoms with van der Waals surface area (Å²) in [6, 6.07) is 16.6. The minimum absolute atomic E-state index is 0. The van der Waals surface area contributed by atoms with Crippen LogP contribution in [0.4, 0.5) is 5.69 Å². The van der Waals surface area contributed by atoms with Crippen LogP contribution in [0.25, 0.3) is 11.3 Å². The number of ether oxygens (including phenoxy) is 1. The van der Waals surface area contributed by atoms with Crippen LogP contribution < -0.4 is 10.1 Å². The molecule has 0 atom stereocenters. The molecule has 0 fully saturated rings. The third-order valence-corrected chi connectivity index (χ3v) is 4.27. The van der Waals surface area contributed by atoms with Crippen molar-refractivity contribution in [3.05, 3.63) is 76.4 Å². The highest BCUT2D eigenvalue weighted by atomic mass is 35.5. The molecule has 0 aliphatic carbocycles. The molecule has 0 unspecified atom stereocenters. The number of nitrogens with zero attached hydrogens (tertiary/aromatic N) is 1. The summed E-state index contributed by atoms with van der Waals surface area (Å²) in [7, 11) is 0. The number of amidine groups is 1. The Balaban J connectivity index is 0.00000261. The van der Waals surface area contributed by atoms with Gasteiger partial charge >= 0.3 is 0 Å². The number of hydrogen-bond acceptors (Lipinski definition) is 3. The molecule has 0 amide bonds. The number of halogens is 3. The van der Waals surface area contributed by atoms with Gasteiger partial charge < -0.3 is 10.1 Å². The molecule has 2 N–H and O–H groups in total. The van der Waals surface area contributed by atoms with Gasteiger partial charge in [-0.15, -0.1) is 12.4 Å². The molecule has 0 saturated heterocycles. The van der Waals surface area contributed by atoms with Gasteiger partial charge in [0.05, 0.1) is 5.84 Å². The van der Waals surface area contributed by atoms with Crippen LogP contribution in [0.15, 0.2) is 60.8 Å². The van der Waals surface area contributed by atoms with Gasteiger partial charge in [-0.3, -0.25) is 10.4 Å². The number of pyridine rings is 1. The Bertz CT molecular complexity index is 947. The summed E-state index contributed by atoms with van der Waals surface area (Å²) < 4.78 is 5.99. The van der Waals surface area contributed by atoms with Crippen molar-refractivity contribution in [3.63, 3.8) is 0 Å². The Kier molecular flexibility index (Phi) is 7.48. The molecule has 140 valence electrons. The number of rotatable bonds is 5. The first-order valence-corrected chi connectivity index (χ1v) is 8.73. The second-order valence-electron chi connectivity index (χ2n) is 5.67. The van der Waals surface area contributed by atoms with Crippen molar-refractivity contribution in [1.29, 1.82) is 5.41 Å². The van der Waals surface area contributed by atoms with Crippen LogP contribution in [0.2, 0.25) is 10.0 Å². The highest BCUT2D eigenvalue weighted by Crippen LogP contribution is 2.34. The quantitative estimate of drug-likeness (QED) is 0.366. The molecule has 0 spiro atoms. The maximum Gasteiger partial charge on any atom is 0.146 e. The van der Waals surface area contributed by atoms with Gasteiger partial charge in [-0.2, -0.15) is 0 Å². The molecule has 0 aliphatic heterocycles. The van der Waals surface area contributed by atoms with Crippen molar-refractivity contribution in [2.24, 2.45) is 0 Å². The molecule has 1 aromatic heterocycles. The summed E-state index contributed by atoms with van der Waals surface area (Å²) in [5.74, 6) is 0.974. The Morgan fingerprint density at radius 2 is 1.89 bits per heavy atom. The molecule has 0 saturated carbocycles. The van der Waals surface area contributed by atoms with Gasteiger partial charge in [0.25, 0.3) is 0 Å². The number of hydrogen-bond donors (Lipinski definition) is 2. The lowest BCUT2D eigenvalue weighted by atomic mass is 10.1. The van der Waals surface area contributed by atoms with Crippen molar-refractivity contribution in [1.82, 2.24) is 4.98 Å². The second-order valence-corrected chi connectivity index (χ2v) is 6.51. The molecule has 7 heteroatoms. The van der Waals surface area contributed by atoms with E-state index in [4.69, 9.17) is 33.3 Å². The summed E-state index contributed by atoms with van der Waals surface area (Å²) in [4.78, 5) is 4.47. The van der Waals surface area contributed by atoms with Gasteiger partial charge in [0, 0.05) is 33.1 Å². The highest BCUT2D eigenvalue weighted by Gasteiger charge is 2.13. The standard InChI is InChI=1S/C20H17Cl2N3O.ClH/c1-13(23)25-18-6-3-2-5-16(18)20-19(7-4-10-24-20)26-12-14-11-15(21)8-9-17(14)22;/h2-11H,12H2,1H3,(H2,23,25);1H. The monoisotopic (exact) mass is 421 g/mol. The summed E-state index contributed by atoms with van der Waals surface area (Å²) in [5.41, 5.74) is 3.14. The normalized spacial score (nSPS) is 10.0. The van der Waals surface area contributed by atoms with Crippen LogP contribution in [0.1, 0.15) is 12.5 Å². The van der Waals surface area contributed by atoms with E-state index in [2.05, 4.69) is 10.3 Å². The fourth-order valence-corrected chi connectivity index (χ4v) is 2.89. The number of nitrogens with one attached hydrogen (secondary N) is 2. The Labute approximate surface area is 174 Å². The van der Waals surface area contributed by atoms with Crippen molar-refractivity contribution >= 4 is 47.1 Å². The SMILES string of the molecule is CC(=N)Nc1ccccc1-c1ncccc1OCc1cc(Cl)ccc1Cl.Cl. The van der Waals surface area contributed by atoms with Crippen molar-refractivity contribution in [2.45, 2.75) is 13.5 Å². The van der Waals surface area contributed by atoms with E-state index in [-0.39, 0.29) is 19.0 Å². The maximum absolute atomic E-state index is 7.69. The third kappa shape index (κ3) is 5.36. The first-order chi connectivity index (χ1) is 12.5. The summed E-state index contributed by atoms with van der Waals surface area (Å²) >= 11 is 12.3. The Morgan fingerprint density at radius 3 is 2.67 bits per heavy atom. The molecular weight excluding hydrogens is 405 g/mol. The summed E-state index contributed by atoms with van der Waals surface area (Å²) in [6.07, 6.45) is 1.71. The van der Waals surface area contributed by atoms with Gasteiger partial charge in [-0.1, -0.05) is 41.4 Å². The van der Waals surface area contributed by atoms with Gasteiger partial charge in [0.2, 0.25) is 0 Å². The molecule has 0 aliphatic rings. The number of aromatic nitrogens is 1. The molecule has 27 heavy (non-hydrogen) atoms. The van der Waals surface area contributed by atoms with Crippen molar-refractivity contribution in [2.75, 3.05) is 5.32 Å². The highest BCUT2D eigenvalue weighted by molar-refractivity contribution is 6.33. The number of benzene rings is 2. The lowest BCUT2D eigenvalue weighted by Gasteiger charge is -2.15. The molecule has 0 radical (unpaired) electrons. The molecule has 3 rings (SSSR count). The summed E-state index contributed by atoms with van der Waals surface area (Å²) in [6.45, 7) is 1.96. The zero-order valence-corrected chi connectivity index (χ0v) is 16.8. The Morgan fingerprint density at radius 1 is 1.11 bits per heavy atom. The average Bonchev–Trinajstić information content (AvgIpc) is 2.63. The zero-order chi connectivity index (χ0) is 18.5. The predicted molar refractivity (Wildman–Crippen MR) is 115 cm³/mol. The van der Waals surface area contributed by atoms with Crippen LogP contribution in [0.3, 0.4) is 0 Å². The third-order valence-electron chi connectivity index (χ3n) is 3.67. The first kappa shape index (κ1) is 21.0. The molecule has 4 nitrogen and oxygen atoms in total. The van der Waals surface area contributed by atoms with E-state index in [1.54, 1.807) is 31.3 Å². The molecule has 0 bridgehead atoms. The van der Waals surface area contributed by atoms with Crippen LogP contribution >= 0.6 is 35.6 Å². The van der Waals surface area contributed by atoms with E-state index < -0.39 is 0 Å². The lowest BCUT2D eigenvalue weighted by Crippen LogP contribution is -2.07. The first-order valence-electron chi connectivity index (χ1n) is 7.98. The van der Waals surface area contributed by atoms with Crippen LogP contribution in [-0.2, 0) is 6.61 Å². The fourth-order valence-electron chi connectivity index (χ4n) is 2.52. The van der Waals surface area contributed by atoms with E-state index >= 15 is 0 Å². The van der Waals surface area contributed by atoms with E-state index in [9.17, 15) is 0 Å². The second kappa shape index (κ2) is 9.60. The maximum atomic E-state index is 7.69. The Hall–Kier alpha value is -2.27. The lowest BCUT2D eigenvalue weighted by molar-refractivity contribution is 0.306. The van der Waals surface area contributed by atoms with Crippen LogP contribution in [0, 0.1) is 5.41 Å². The van der Waals surface area contributed by atoms with Crippen molar-refractivity contribution in [3.8, 4) is 17.0 Å². The van der Waals surface area contributed by atoms with Gasteiger partial charge in [0.1, 0.15) is 18.1 Å². The van der Waals surface area contributed by atoms with Gasteiger partial charge in [-0.25, -0.2) is 0 Å². The van der Waals surface area contributed by atoms with E-state index in [1.807, 2.05) is 36.4 Å². The zero-order valence-electron chi connectivity index (χ0n) is 14.5. The molecular formula is C20H18Cl3N3O. The van der Waals surface area contributed by atoms with Gasteiger partial charge in [-0.05, 0) is 43.3 Å². The number of para-hydroxylation sites is 1. The molecule has 3 aromatic rings. The molecule has 2 aromatic carbocycles. The van der Waals surface area contributed by atoms with Gasteiger partial charge in [0.15, 0.2) is 0 Å². The largest absolute Gasteiger partial charge is 0.487 e. The van der Waals surface area contributed by atoms with E-state index in [0.29, 0.717) is 27.3 Å². The summed E-state index contributed by atoms with van der Waals surface area (Å²) in [5, 5.41) is 11.9. The smallest absolute Gasteiger partial charge is 0.146 e. The fraction of sp³-hybridized carbons (Fsp3) is 0.100. The minimum atomic E-state index is 0. The van der Waals surface area contributed by atoms with E-state index in [1.165, 1.54) is 0 Å². The van der Waals surface area contributed by atoms with Crippen LogP contribution in [-0.4, -0.2) is 10.8 Å². The van der Waals surface area contributed by atoms with Crippen molar-refractivity contribution < 1.29 is 4.74 Å². The number of anilines is 1. The van der Waals surface area contributed by atoms with Crippen LogP contribution in [0.5, 0.6) is 5.75 Å². The molecule has 1 heterocycles. The average molecular weight is 423 g/mol. The minimum Gasteiger partial charge on any atom is -0.487 e.